The summed E-state index contributed by atoms with van der Waals surface area (Å²) in [7, 11) is 0. The molecule has 2 rings (SSSR count). The lowest BCUT2D eigenvalue weighted by Crippen LogP contribution is -2.22. The number of nitrogens with zero attached hydrogens (tertiary/aromatic N) is 2. The van der Waals surface area contributed by atoms with Crippen molar-refractivity contribution in [1.29, 1.82) is 0 Å². The molecule has 92 valence electrons. The lowest BCUT2D eigenvalue weighted by molar-refractivity contribution is 0.320. The summed E-state index contributed by atoms with van der Waals surface area (Å²) in [6.07, 6.45) is 4.34. The van der Waals surface area contributed by atoms with Crippen LogP contribution in [0.3, 0.4) is 0 Å². The molecule has 1 aromatic heterocycles. The second-order valence-electron chi connectivity index (χ2n) is 4.20. The van der Waals surface area contributed by atoms with Gasteiger partial charge in [-0.05, 0) is 31.8 Å². The summed E-state index contributed by atoms with van der Waals surface area (Å²) in [6.45, 7) is 6.41. The zero-order chi connectivity index (χ0) is 10.7. The first-order valence-electron chi connectivity index (χ1n) is 5.67. The van der Waals surface area contributed by atoms with E-state index in [0.717, 1.165) is 26.1 Å². The van der Waals surface area contributed by atoms with Crippen molar-refractivity contribution in [2.75, 3.05) is 19.6 Å². The molecule has 0 spiro atoms. The number of hydrogen-bond donors (Lipinski definition) is 1. The minimum Gasteiger partial charge on any atom is -0.330 e. The first-order chi connectivity index (χ1) is 7.31. The van der Waals surface area contributed by atoms with Crippen molar-refractivity contribution in [2.45, 2.75) is 26.3 Å². The summed E-state index contributed by atoms with van der Waals surface area (Å²) in [5, 5.41) is 1.25. The van der Waals surface area contributed by atoms with E-state index in [0.29, 0.717) is 5.92 Å². The second kappa shape index (κ2) is 6.55. The van der Waals surface area contributed by atoms with E-state index >= 15 is 0 Å². The predicted octanol–water partition coefficient (Wildman–Crippen LogP) is 1.91. The average molecular weight is 262 g/mol. The van der Waals surface area contributed by atoms with Gasteiger partial charge in [-0.15, -0.1) is 23.7 Å². The Labute approximate surface area is 107 Å². The van der Waals surface area contributed by atoms with Gasteiger partial charge in [0.05, 0.1) is 5.01 Å². The van der Waals surface area contributed by atoms with E-state index in [1.54, 1.807) is 0 Å². The monoisotopic (exact) mass is 261 g/mol. The van der Waals surface area contributed by atoms with Crippen LogP contribution >= 0.6 is 23.7 Å². The third-order valence-corrected chi connectivity index (χ3v) is 4.11. The molecule has 1 unspecified atom stereocenters. The molecule has 1 aliphatic heterocycles. The van der Waals surface area contributed by atoms with Gasteiger partial charge in [-0.3, -0.25) is 4.90 Å². The molecule has 2 N–H and O–H groups in total. The molecular weight excluding hydrogens is 242 g/mol. The molecule has 2 heterocycles. The van der Waals surface area contributed by atoms with Crippen molar-refractivity contribution in [2.24, 2.45) is 11.7 Å². The Hall–Kier alpha value is -0.160. The maximum Gasteiger partial charge on any atom is 0.0925 e. The molecule has 1 fully saturated rings. The van der Waals surface area contributed by atoms with Crippen molar-refractivity contribution >= 4 is 23.7 Å². The number of likely N-dealkylation sites (tertiary alicyclic amines) is 1. The summed E-state index contributed by atoms with van der Waals surface area (Å²) in [5.74, 6) is 0.712. The first-order valence-corrected chi connectivity index (χ1v) is 6.49. The Morgan fingerprint density at radius 2 is 2.44 bits per heavy atom. The van der Waals surface area contributed by atoms with Gasteiger partial charge in [0.25, 0.3) is 0 Å². The SMILES string of the molecule is CCc1ncc(CN2CCC(CN)C2)s1.Cl. The van der Waals surface area contributed by atoms with Gasteiger partial charge < -0.3 is 5.73 Å². The quantitative estimate of drug-likeness (QED) is 0.900. The largest absolute Gasteiger partial charge is 0.330 e. The Morgan fingerprint density at radius 1 is 1.62 bits per heavy atom. The van der Waals surface area contributed by atoms with Crippen LogP contribution in [0.1, 0.15) is 23.2 Å². The van der Waals surface area contributed by atoms with E-state index in [4.69, 9.17) is 5.73 Å². The molecule has 0 radical (unpaired) electrons. The fraction of sp³-hybridized carbons (Fsp3) is 0.727. The Bertz CT molecular complexity index is 316. The van der Waals surface area contributed by atoms with Crippen molar-refractivity contribution < 1.29 is 0 Å². The van der Waals surface area contributed by atoms with Gasteiger partial charge in [0, 0.05) is 24.2 Å². The number of halogens is 1. The van der Waals surface area contributed by atoms with E-state index in [1.807, 2.05) is 17.5 Å². The molecule has 0 saturated carbocycles. The molecule has 1 atom stereocenters. The average Bonchev–Trinajstić information content (AvgIpc) is 2.87. The fourth-order valence-electron chi connectivity index (χ4n) is 2.05. The first kappa shape index (κ1) is 13.9. The highest BCUT2D eigenvalue weighted by Crippen LogP contribution is 2.20. The predicted molar refractivity (Wildman–Crippen MR) is 71.2 cm³/mol. The smallest absolute Gasteiger partial charge is 0.0925 e. The van der Waals surface area contributed by atoms with E-state index in [-0.39, 0.29) is 12.4 Å². The van der Waals surface area contributed by atoms with Crippen LogP contribution in [0.5, 0.6) is 0 Å². The maximum absolute atomic E-state index is 5.68. The van der Waals surface area contributed by atoms with Crippen molar-refractivity contribution in [3.05, 3.63) is 16.1 Å². The normalized spacial score (nSPS) is 21.0. The number of thiazole rings is 1. The van der Waals surface area contributed by atoms with Gasteiger partial charge in [-0.1, -0.05) is 6.92 Å². The molecule has 0 aliphatic carbocycles. The Kier molecular flexibility index (Phi) is 5.69. The maximum atomic E-state index is 5.68. The lowest BCUT2D eigenvalue weighted by Gasteiger charge is -2.13. The summed E-state index contributed by atoms with van der Waals surface area (Å²) in [5.41, 5.74) is 5.68. The van der Waals surface area contributed by atoms with Crippen LogP contribution in [0, 0.1) is 5.92 Å². The molecule has 5 heteroatoms. The van der Waals surface area contributed by atoms with Crippen molar-refractivity contribution in [3.63, 3.8) is 0 Å². The highest BCUT2D eigenvalue weighted by Gasteiger charge is 2.21. The zero-order valence-electron chi connectivity index (χ0n) is 9.69. The van der Waals surface area contributed by atoms with E-state index < -0.39 is 0 Å². The van der Waals surface area contributed by atoms with E-state index in [2.05, 4.69) is 16.8 Å². The van der Waals surface area contributed by atoms with Crippen LogP contribution in [-0.2, 0) is 13.0 Å². The summed E-state index contributed by atoms with van der Waals surface area (Å²) in [4.78, 5) is 8.27. The van der Waals surface area contributed by atoms with Gasteiger partial charge >= 0.3 is 0 Å². The van der Waals surface area contributed by atoms with Crippen LogP contribution in [0.25, 0.3) is 0 Å². The van der Waals surface area contributed by atoms with Crippen molar-refractivity contribution in [1.82, 2.24) is 9.88 Å². The standard InChI is InChI=1S/C11H19N3S.ClH/c1-2-11-13-6-10(15-11)8-14-4-3-9(5-12)7-14;/h6,9H,2-5,7-8,12H2,1H3;1H. The number of nitrogens with two attached hydrogens (primary N) is 1. The van der Waals surface area contributed by atoms with Crippen molar-refractivity contribution in [3.8, 4) is 0 Å². The highest BCUT2D eigenvalue weighted by atomic mass is 35.5. The number of aromatic nitrogens is 1. The summed E-state index contributed by atoms with van der Waals surface area (Å²) in [6, 6.07) is 0. The third kappa shape index (κ3) is 3.42. The Balaban J connectivity index is 0.00000128. The molecule has 0 bridgehead atoms. The molecule has 1 aliphatic rings. The van der Waals surface area contributed by atoms with Crippen LogP contribution in [0.4, 0.5) is 0 Å². The Morgan fingerprint density at radius 3 is 3.00 bits per heavy atom. The number of aryl methyl sites for hydroxylation is 1. The lowest BCUT2D eigenvalue weighted by atomic mass is 10.1. The van der Waals surface area contributed by atoms with Crippen LogP contribution in [0.15, 0.2) is 6.20 Å². The summed E-state index contributed by atoms with van der Waals surface area (Å²) >= 11 is 1.84. The van der Waals surface area contributed by atoms with Gasteiger partial charge in [-0.2, -0.15) is 0 Å². The summed E-state index contributed by atoms with van der Waals surface area (Å²) < 4.78 is 0. The van der Waals surface area contributed by atoms with Gasteiger partial charge in [-0.25, -0.2) is 4.98 Å². The molecule has 1 saturated heterocycles. The minimum absolute atomic E-state index is 0. The second-order valence-corrected chi connectivity index (χ2v) is 5.40. The molecule has 0 amide bonds. The molecule has 16 heavy (non-hydrogen) atoms. The minimum atomic E-state index is 0. The van der Waals surface area contributed by atoms with Gasteiger partial charge in [0.15, 0.2) is 0 Å². The van der Waals surface area contributed by atoms with Gasteiger partial charge in [0.1, 0.15) is 0 Å². The zero-order valence-corrected chi connectivity index (χ0v) is 11.3. The van der Waals surface area contributed by atoms with Crippen LogP contribution in [-0.4, -0.2) is 29.5 Å². The highest BCUT2D eigenvalue weighted by molar-refractivity contribution is 7.11. The molecule has 3 nitrogen and oxygen atoms in total. The third-order valence-electron chi connectivity index (χ3n) is 2.99. The molecule has 0 aromatic carbocycles. The fourth-order valence-corrected chi connectivity index (χ4v) is 2.96. The van der Waals surface area contributed by atoms with Crippen LogP contribution < -0.4 is 5.73 Å². The van der Waals surface area contributed by atoms with Crippen LogP contribution in [0.2, 0.25) is 0 Å². The topological polar surface area (TPSA) is 42.2 Å². The van der Waals surface area contributed by atoms with E-state index in [9.17, 15) is 0 Å². The van der Waals surface area contributed by atoms with E-state index in [1.165, 1.54) is 22.9 Å². The van der Waals surface area contributed by atoms with Gasteiger partial charge in [0.2, 0.25) is 0 Å². The molecule has 1 aromatic rings. The number of rotatable bonds is 4. The number of hydrogen-bond acceptors (Lipinski definition) is 4. The molecular formula is C11H20ClN3S.